The summed E-state index contributed by atoms with van der Waals surface area (Å²) >= 11 is 5.63. The molecule has 1 aromatic carbocycles. The van der Waals surface area contributed by atoms with E-state index in [4.69, 9.17) is 11.6 Å². The van der Waals surface area contributed by atoms with E-state index in [0.717, 1.165) is 24.2 Å². The maximum absolute atomic E-state index is 12.2. The molecule has 0 spiro atoms. The fraction of sp³-hybridized carbons (Fsp3) is 0.154. The van der Waals surface area contributed by atoms with E-state index in [0.29, 0.717) is 5.69 Å². The zero-order valence-corrected chi connectivity index (χ0v) is 12.3. The normalized spacial score (nSPS) is 11.3. The van der Waals surface area contributed by atoms with Crippen molar-refractivity contribution in [2.24, 2.45) is 0 Å². The van der Waals surface area contributed by atoms with Crippen molar-refractivity contribution in [3.63, 3.8) is 0 Å². The third kappa shape index (κ3) is 3.20. The molecule has 0 bridgehead atoms. The number of H-pyrrole nitrogens is 1. The Labute approximate surface area is 121 Å². The Balaban J connectivity index is 2.35. The predicted octanol–water partition coefficient (Wildman–Crippen LogP) is 2.39. The molecular formula is C13H13ClN2O3S. The van der Waals surface area contributed by atoms with Gasteiger partial charge in [-0.2, -0.15) is 0 Å². The van der Waals surface area contributed by atoms with Gasteiger partial charge in [-0.25, -0.2) is 8.42 Å². The summed E-state index contributed by atoms with van der Waals surface area (Å²) in [5, 5.41) is -0.171. The van der Waals surface area contributed by atoms with Gasteiger partial charge in [-0.3, -0.25) is 9.52 Å². The first kappa shape index (κ1) is 14.6. The molecule has 1 aromatic heterocycles. The number of halogens is 1. The summed E-state index contributed by atoms with van der Waals surface area (Å²) in [6.45, 7) is 1.98. The largest absolute Gasteiger partial charge is 0.326 e. The van der Waals surface area contributed by atoms with Crippen molar-refractivity contribution in [2.75, 3.05) is 4.72 Å². The first-order chi connectivity index (χ1) is 9.42. The van der Waals surface area contributed by atoms with Crippen molar-refractivity contribution in [1.29, 1.82) is 0 Å². The number of anilines is 1. The van der Waals surface area contributed by atoms with E-state index in [1.807, 2.05) is 13.0 Å². The van der Waals surface area contributed by atoms with Gasteiger partial charge in [0.25, 0.3) is 15.6 Å². The van der Waals surface area contributed by atoms with Gasteiger partial charge in [-0.15, -0.1) is 0 Å². The number of hydrogen-bond acceptors (Lipinski definition) is 3. The van der Waals surface area contributed by atoms with Crippen LogP contribution in [0.1, 0.15) is 12.5 Å². The number of nitrogens with one attached hydrogen (secondary N) is 2. The average molecular weight is 313 g/mol. The van der Waals surface area contributed by atoms with Gasteiger partial charge in [0.05, 0.1) is 0 Å². The van der Waals surface area contributed by atoms with Gasteiger partial charge >= 0.3 is 0 Å². The van der Waals surface area contributed by atoms with Crippen LogP contribution >= 0.6 is 11.6 Å². The molecule has 0 saturated heterocycles. The van der Waals surface area contributed by atoms with Gasteiger partial charge < -0.3 is 4.98 Å². The Hall–Kier alpha value is -1.79. The summed E-state index contributed by atoms with van der Waals surface area (Å²) in [5.41, 5.74) is 0.954. The lowest BCUT2D eigenvalue weighted by Gasteiger charge is -2.09. The lowest BCUT2D eigenvalue weighted by Crippen LogP contribution is -2.16. The Morgan fingerprint density at radius 1 is 1.30 bits per heavy atom. The summed E-state index contributed by atoms with van der Waals surface area (Å²) < 4.78 is 26.8. The molecule has 20 heavy (non-hydrogen) atoms. The van der Waals surface area contributed by atoms with Gasteiger partial charge in [0.2, 0.25) is 0 Å². The van der Waals surface area contributed by atoms with Gasteiger partial charge in [-0.1, -0.05) is 30.7 Å². The lowest BCUT2D eigenvalue weighted by molar-refractivity contribution is 0.600. The molecule has 2 rings (SSSR count). The summed E-state index contributed by atoms with van der Waals surface area (Å²) in [7, 11) is -3.78. The van der Waals surface area contributed by atoms with Crippen LogP contribution in [0.25, 0.3) is 0 Å². The first-order valence-electron chi connectivity index (χ1n) is 5.92. The Bertz CT molecular complexity index is 784. The summed E-state index contributed by atoms with van der Waals surface area (Å²) in [4.78, 5) is 13.3. The highest BCUT2D eigenvalue weighted by Gasteiger charge is 2.15. The van der Waals surface area contributed by atoms with E-state index in [1.54, 1.807) is 18.2 Å². The van der Waals surface area contributed by atoms with Crippen molar-refractivity contribution in [2.45, 2.75) is 18.2 Å². The number of rotatable bonds is 4. The van der Waals surface area contributed by atoms with Gasteiger partial charge in [-0.05, 0) is 30.2 Å². The van der Waals surface area contributed by atoms with Crippen molar-refractivity contribution in [1.82, 2.24) is 4.98 Å². The highest BCUT2D eigenvalue weighted by atomic mass is 35.5. The number of benzene rings is 1. The van der Waals surface area contributed by atoms with Crippen LogP contribution in [-0.2, 0) is 16.4 Å². The van der Waals surface area contributed by atoms with E-state index < -0.39 is 15.6 Å². The van der Waals surface area contributed by atoms with Crippen molar-refractivity contribution in [3.8, 4) is 0 Å². The smallest absolute Gasteiger partial charge is 0.266 e. The van der Waals surface area contributed by atoms with Gasteiger partial charge in [0.1, 0.15) is 9.92 Å². The molecule has 0 fully saturated rings. The lowest BCUT2D eigenvalue weighted by atomic mass is 10.1. The number of aryl methyl sites for hydroxylation is 1. The first-order valence-corrected chi connectivity index (χ1v) is 7.78. The third-order valence-corrected chi connectivity index (χ3v) is 4.37. The van der Waals surface area contributed by atoms with E-state index in [-0.39, 0.29) is 9.92 Å². The quantitative estimate of drug-likeness (QED) is 0.909. The highest BCUT2D eigenvalue weighted by Crippen LogP contribution is 2.18. The van der Waals surface area contributed by atoms with E-state index in [9.17, 15) is 13.2 Å². The van der Waals surface area contributed by atoms with Crippen molar-refractivity contribution in [3.05, 3.63) is 57.5 Å². The minimum absolute atomic E-state index is 0.0935. The van der Waals surface area contributed by atoms with Gasteiger partial charge in [0, 0.05) is 11.9 Å². The van der Waals surface area contributed by atoms with E-state index in [1.165, 1.54) is 0 Å². The Morgan fingerprint density at radius 2 is 2.05 bits per heavy atom. The zero-order valence-electron chi connectivity index (χ0n) is 10.7. The van der Waals surface area contributed by atoms with Crippen LogP contribution in [0.4, 0.5) is 5.69 Å². The summed E-state index contributed by atoms with van der Waals surface area (Å²) in [6.07, 6.45) is 1.92. The maximum Gasteiger partial charge on any atom is 0.266 e. The maximum atomic E-state index is 12.2. The van der Waals surface area contributed by atoms with E-state index >= 15 is 0 Å². The number of aromatic amines is 1. The van der Waals surface area contributed by atoms with Crippen molar-refractivity contribution >= 4 is 27.3 Å². The monoisotopic (exact) mass is 312 g/mol. The van der Waals surface area contributed by atoms with Crippen LogP contribution < -0.4 is 10.3 Å². The second kappa shape index (κ2) is 5.68. The molecule has 0 atom stereocenters. The average Bonchev–Trinajstić information content (AvgIpc) is 2.41. The zero-order chi connectivity index (χ0) is 14.8. The molecule has 7 heteroatoms. The van der Waals surface area contributed by atoms with Crippen LogP contribution in [0.3, 0.4) is 0 Å². The molecule has 0 aliphatic rings. The van der Waals surface area contributed by atoms with Crippen LogP contribution in [0, 0.1) is 0 Å². The fourth-order valence-electron chi connectivity index (χ4n) is 1.66. The van der Waals surface area contributed by atoms with Crippen LogP contribution in [-0.4, -0.2) is 13.4 Å². The second-order valence-corrected chi connectivity index (χ2v) is 6.26. The fourth-order valence-corrected chi connectivity index (χ4v) is 2.94. The second-order valence-electron chi connectivity index (χ2n) is 4.17. The molecular weight excluding hydrogens is 300 g/mol. The summed E-state index contributed by atoms with van der Waals surface area (Å²) in [6, 6.07) is 8.21. The van der Waals surface area contributed by atoms with Crippen LogP contribution in [0.15, 0.2) is 46.2 Å². The standard InChI is InChI=1S/C13H13ClN2O3S/c1-2-9-4-3-5-10(6-9)16-20(18,19)11-7-12(14)13(17)15-8-11/h3-8,16H,2H2,1H3,(H,15,17). The van der Waals surface area contributed by atoms with Crippen LogP contribution in [0.5, 0.6) is 0 Å². The predicted molar refractivity (Wildman–Crippen MR) is 78.7 cm³/mol. The third-order valence-electron chi connectivity index (χ3n) is 2.73. The minimum Gasteiger partial charge on any atom is -0.326 e. The van der Waals surface area contributed by atoms with Gasteiger partial charge in [0.15, 0.2) is 0 Å². The number of pyridine rings is 1. The molecule has 0 saturated carbocycles. The molecule has 106 valence electrons. The van der Waals surface area contributed by atoms with Crippen molar-refractivity contribution < 1.29 is 8.42 Å². The molecule has 0 aliphatic carbocycles. The topological polar surface area (TPSA) is 79.0 Å². The highest BCUT2D eigenvalue weighted by molar-refractivity contribution is 7.92. The van der Waals surface area contributed by atoms with Crippen LogP contribution in [0.2, 0.25) is 5.02 Å². The number of aromatic nitrogens is 1. The molecule has 2 aromatic rings. The summed E-state index contributed by atoms with van der Waals surface area (Å²) in [5.74, 6) is 0. The minimum atomic E-state index is -3.78. The molecule has 5 nitrogen and oxygen atoms in total. The Morgan fingerprint density at radius 3 is 2.70 bits per heavy atom. The SMILES string of the molecule is CCc1cccc(NS(=O)(=O)c2c[nH]c(=O)c(Cl)c2)c1. The molecule has 0 radical (unpaired) electrons. The molecule has 0 unspecified atom stereocenters. The molecule has 0 amide bonds. The number of hydrogen-bond donors (Lipinski definition) is 2. The Kier molecular flexibility index (Phi) is 4.15. The molecule has 1 heterocycles. The molecule has 0 aliphatic heterocycles. The van der Waals surface area contributed by atoms with E-state index in [2.05, 4.69) is 9.71 Å². The number of sulfonamides is 1. The molecule has 2 N–H and O–H groups in total.